The number of nitrogens with zero attached hydrogens (tertiary/aromatic N) is 2. The minimum atomic E-state index is -0.921. The number of rotatable bonds is 6. The van der Waals surface area contributed by atoms with Crippen LogP contribution in [0.4, 0.5) is 5.69 Å². The van der Waals surface area contributed by atoms with Crippen LogP contribution in [-0.2, 0) is 9.59 Å². The van der Waals surface area contributed by atoms with Gasteiger partial charge in [-0.2, -0.15) is 0 Å². The van der Waals surface area contributed by atoms with Gasteiger partial charge in [0, 0.05) is 26.1 Å². The lowest BCUT2D eigenvalue weighted by Crippen LogP contribution is -2.53. The van der Waals surface area contributed by atoms with E-state index in [2.05, 4.69) is 5.32 Å². The number of para-hydroxylation sites is 2. The second-order valence-electron chi connectivity index (χ2n) is 6.44. The zero-order valence-corrected chi connectivity index (χ0v) is 14.3. The van der Waals surface area contributed by atoms with Gasteiger partial charge in [0.1, 0.15) is 5.75 Å². The summed E-state index contributed by atoms with van der Waals surface area (Å²) in [6.07, 6.45) is 0.267. The highest BCUT2D eigenvalue weighted by molar-refractivity contribution is 6.02. The van der Waals surface area contributed by atoms with E-state index in [1.165, 1.54) is 0 Å². The average molecular weight is 319 g/mol. The van der Waals surface area contributed by atoms with Gasteiger partial charge in [-0.25, -0.2) is 0 Å². The van der Waals surface area contributed by atoms with Crippen LogP contribution in [0.15, 0.2) is 24.3 Å². The molecular formula is C17H25N3O3. The predicted molar refractivity (Wildman–Crippen MR) is 89.7 cm³/mol. The maximum absolute atomic E-state index is 12.6. The largest absolute Gasteiger partial charge is 0.476 e. The molecule has 0 spiro atoms. The zero-order chi connectivity index (χ0) is 17.0. The average Bonchev–Trinajstić information content (AvgIpc) is 2.47. The van der Waals surface area contributed by atoms with Crippen LogP contribution in [-0.4, -0.2) is 56.0 Å². The molecule has 0 unspecified atom stereocenters. The molecule has 0 aliphatic carbocycles. The summed E-state index contributed by atoms with van der Waals surface area (Å²) in [5.74, 6) is 0.490. The first kappa shape index (κ1) is 17.3. The van der Waals surface area contributed by atoms with Gasteiger partial charge in [-0.1, -0.05) is 12.1 Å². The Bertz CT molecular complexity index is 584. The van der Waals surface area contributed by atoms with Crippen LogP contribution >= 0.6 is 0 Å². The number of benzene rings is 1. The molecular weight excluding hydrogens is 294 g/mol. The molecule has 23 heavy (non-hydrogen) atoms. The van der Waals surface area contributed by atoms with Crippen molar-refractivity contribution in [3.8, 4) is 5.75 Å². The van der Waals surface area contributed by atoms with E-state index in [0.29, 0.717) is 18.8 Å². The molecule has 2 amide bonds. The molecule has 1 aromatic rings. The minimum absolute atomic E-state index is 0.0542. The number of hydrogen-bond donors (Lipinski definition) is 1. The quantitative estimate of drug-likeness (QED) is 0.857. The van der Waals surface area contributed by atoms with Crippen LogP contribution in [0.2, 0.25) is 0 Å². The molecule has 2 rings (SSSR count). The van der Waals surface area contributed by atoms with Gasteiger partial charge in [-0.15, -0.1) is 0 Å². The highest BCUT2D eigenvalue weighted by atomic mass is 16.5. The molecule has 6 nitrogen and oxygen atoms in total. The van der Waals surface area contributed by atoms with Crippen molar-refractivity contribution in [2.75, 3.05) is 38.6 Å². The lowest BCUT2D eigenvalue weighted by Gasteiger charge is -2.38. The first-order valence-corrected chi connectivity index (χ1v) is 7.83. The van der Waals surface area contributed by atoms with Crippen LogP contribution in [0, 0.1) is 0 Å². The predicted octanol–water partition coefficient (Wildman–Crippen LogP) is 1.26. The summed E-state index contributed by atoms with van der Waals surface area (Å²) in [5, 5.41) is 2.86. The lowest BCUT2D eigenvalue weighted by atomic mass is 10.0. The smallest absolute Gasteiger partial charge is 0.270 e. The Labute approximate surface area is 137 Å². The summed E-state index contributed by atoms with van der Waals surface area (Å²) in [5.41, 5.74) is -0.201. The van der Waals surface area contributed by atoms with Crippen molar-refractivity contribution in [1.29, 1.82) is 0 Å². The van der Waals surface area contributed by atoms with E-state index in [1.54, 1.807) is 18.7 Å². The molecule has 0 atom stereocenters. The van der Waals surface area contributed by atoms with Gasteiger partial charge in [0.15, 0.2) is 5.60 Å². The maximum Gasteiger partial charge on any atom is 0.270 e. The Balaban J connectivity index is 2.01. The molecule has 1 heterocycles. The summed E-state index contributed by atoms with van der Waals surface area (Å²) in [7, 11) is 3.91. The summed E-state index contributed by atoms with van der Waals surface area (Å²) in [4.78, 5) is 28.2. The van der Waals surface area contributed by atoms with Gasteiger partial charge < -0.3 is 19.9 Å². The Hall–Kier alpha value is -2.08. The topological polar surface area (TPSA) is 61.9 Å². The maximum atomic E-state index is 12.6. The van der Waals surface area contributed by atoms with E-state index < -0.39 is 5.60 Å². The second kappa shape index (κ2) is 7.00. The molecule has 126 valence electrons. The SMILES string of the molecule is CN(C)CCNC(=O)CCN1C(=O)C(C)(C)Oc2ccccc21. The number of hydrogen-bond acceptors (Lipinski definition) is 4. The highest BCUT2D eigenvalue weighted by Crippen LogP contribution is 2.37. The van der Waals surface area contributed by atoms with Crippen LogP contribution in [0.1, 0.15) is 20.3 Å². The number of anilines is 1. The fourth-order valence-corrected chi connectivity index (χ4v) is 2.46. The number of nitrogens with one attached hydrogen (secondary N) is 1. The molecule has 1 aliphatic heterocycles. The molecule has 0 saturated heterocycles. The molecule has 0 bridgehead atoms. The third kappa shape index (κ3) is 4.22. The Morgan fingerprint density at radius 3 is 2.70 bits per heavy atom. The fourth-order valence-electron chi connectivity index (χ4n) is 2.46. The number of likely N-dealkylation sites (N-methyl/N-ethyl adjacent to an activating group) is 1. The second-order valence-corrected chi connectivity index (χ2v) is 6.44. The van der Waals surface area contributed by atoms with Crippen molar-refractivity contribution in [1.82, 2.24) is 10.2 Å². The number of amides is 2. The molecule has 1 aliphatic rings. The first-order valence-electron chi connectivity index (χ1n) is 7.83. The number of fused-ring (bicyclic) bond motifs is 1. The van der Waals surface area contributed by atoms with Gasteiger partial charge >= 0.3 is 0 Å². The zero-order valence-electron chi connectivity index (χ0n) is 14.3. The van der Waals surface area contributed by atoms with E-state index >= 15 is 0 Å². The van der Waals surface area contributed by atoms with Gasteiger partial charge in [-0.3, -0.25) is 9.59 Å². The highest BCUT2D eigenvalue weighted by Gasteiger charge is 2.40. The molecule has 0 fully saturated rings. The van der Waals surface area contributed by atoms with Crippen LogP contribution in [0.3, 0.4) is 0 Å². The molecule has 0 saturated carbocycles. The molecule has 0 radical (unpaired) electrons. The Kier molecular flexibility index (Phi) is 5.26. The minimum Gasteiger partial charge on any atom is -0.476 e. The third-order valence-electron chi connectivity index (χ3n) is 3.73. The van der Waals surface area contributed by atoms with Gasteiger partial charge in [0.25, 0.3) is 5.91 Å². The van der Waals surface area contributed by atoms with Crippen molar-refractivity contribution < 1.29 is 14.3 Å². The van der Waals surface area contributed by atoms with Crippen molar-refractivity contribution in [3.63, 3.8) is 0 Å². The van der Waals surface area contributed by atoms with E-state index in [-0.39, 0.29) is 18.2 Å². The van der Waals surface area contributed by atoms with Gasteiger partial charge in [0.05, 0.1) is 5.69 Å². The summed E-state index contributed by atoms with van der Waals surface area (Å²) in [6, 6.07) is 7.41. The molecule has 1 N–H and O–H groups in total. The van der Waals surface area contributed by atoms with Crippen molar-refractivity contribution in [3.05, 3.63) is 24.3 Å². The summed E-state index contributed by atoms with van der Waals surface area (Å²) in [6.45, 7) is 5.23. The first-order chi connectivity index (χ1) is 10.8. The normalized spacial score (nSPS) is 16.0. The monoisotopic (exact) mass is 319 g/mol. The van der Waals surface area contributed by atoms with Crippen LogP contribution < -0.4 is 15.0 Å². The van der Waals surface area contributed by atoms with E-state index in [0.717, 1.165) is 12.2 Å². The Morgan fingerprint density at radius 2 is 2.00 bits per heavy atom. The molecule has 0 aromatic heterocycles. The third-order valence-corrected chi connectivity index (χ3v) is 3.73. The summed E-state index contributed by atoms with van der Waals surface area (Å²) < 4.78 is 5.76. The lowest BCUT2D eigenvalue weighted by molar-refractivity contribution is -0.132. The number of carbonyl (C=O) groups excluding carboxylic acids is 2. The van der Waals surface area contributed by atoms with Gasteiger partial charge in [-0.05, 0) is 40.1 Å². The standard InChI is InChI=1S/C17H25N3O3/c1-17(2)16(22)20(13-7-5-6-8-14(13)23-17)11-9-15(21)18-10-12-19(3)4/h5-8H,9-12H2,1-4H3,(H,18,21). The fraction of sp³-hybridized carbons (Fsp3) is 0.529. The number of ether oxygens (including phenoxy) is 1. The van der Waals surface area contributed by atoms with E-state index in [9.17, 15) is 9.59 Å². The molecule has 6 heteroatoms. The Morgan fingerprint density at radius 1 is 1.30 bits per heavy atom. The van der Waals surface area contributed by atoms with Crippen LogP contribution in [0.5, 0.6) is 5.75 Å². The molecule has 1 aromatic carbocycles. The van der Waals surface area contributed by atoms with Crippen LogP contribution in [0.25, 0.3) is 0 Å². The van der Waals surface area contributed by atoms with Crippen molar-refractivity contribution >= 4 is 17.5 Å². The van der Waals surface area contributed by atoms with E-state index in [1.807, 2.05) is 43.3 Å². The van der Waals surface area contributed by atoms with Crippen molar-refractivity contribution in [2.24, 2.45) is 0 Å². The van der Waals surface area contributed by atoms with Gasteiger partial charge in [0.2, 0.25) is 5.91 Å². The van der Waals surface area contributed by atoms with Crippen molar-refractivity contribution in [2.45, 2.75) is 25.9 Å². The summed E-state index contributed by atoms with van der Waals surface area (Å²) >= 11 is 0. The number of carbonyl (C=O) groups is 2. The van der Waals surface area contributed by atoms with E-state index in [4.69, 9.17) is 4.74 Å².